The average Bonchev–Trinajstić information content (AvgIpc) is 2.60. The van der Waals surface area contributed by atoms with Crippen LogP contribution < -0.4 is 4.57 Å². The number of aliphatic carboxylic acids is 1. The maximum absolute atomic E-state index is 10.2. The second kappa shape index (κ2) is 5.21. The highest BCUT2D eigenvalue weighted by atomic mass is 16.4. The fourth-order valence-corrected chi connectivity index (χ4v) is 1.22. The lowest BCUT2D eigenvalue weighted by molar-refractivity contribution is -0.696. The molecule has 4 nitrogen and oxygen atoms in total. The van der Waals surface area contributed by atoms with Crippen LogP contribution in [0.25, 0.3) is 6.20 Å². The summed E-state index contributed by atoms with van der Waals surface area (Å²) in [5, 5.41) is 8.43. The van der Waals surface area contributed by atoms with Crippen molar-refractivity contribution in [3.05, 3.63) is 25.3 Å². The van der Waals surface area contributed by atoms with E-state index in [1.54, 1.807) is 6.20 Å². The van der Waals surface area contributed by atoms with Gasteiger partial charge < -0.3 is 5.11 Å². The van der Waals surface area contributed by atoms with Gasteiger partial charge in [0.1, 0.15) is 12.4 Å². The zero-order valence-corrected chi connectivity index (χ0v) is 8.09. The monoisotopic (exact) mass is 195 g/mol. The van der Waals surface area contributed by atoms with Crippen LogP contribution in [0.2, 0.25) is 0 Å². The molecule has 76 valence electrons. The standard InChI is InChI=1S/C10H14N2O2/c1-2-11-7-8-12(9-11)6-4-3-5-10(13)14/h2,7-9H,1,3-6H2/p+1. The second-order valence-corrected chi connectivity index (χ2v) is 3.13. The summed E-state index contributed by atoms with van der Waals surface area (Å²) in [6.07, 6.45) is 9.36. The average molecular weight is 195 g/mol. The number of aromatic nitrogens is 2. The van der Waals surface area contributed by atoms with E-state index in [1.807, 2.05) is 27.9 Å². The van der Waals surface area contributed by atoms with E-state index in [2.05, 4.69) is 6.58 Å². The predicted molar refractivity (Wildman–Crippen MR) is 52.5 cm³/mol. The molecule has 0 atom stereocenters. The lowest BCUT2D eigenvalue weighted by Gasteiger charge is -1.94. The Morgan fingerprint density at radius 3 is 2.93 bits per heavy atom. The van der Waals surface area contributed by atoms with Crippen LogP contribution in [0.15, 0.2) is 25.3 Å². The number of nitrogens with zero attached hydrogens (tertiary/aromatic N) is 2. The molecule has 0 aliphatic heterocycles. The number of carbonyl (C=O) groups is 1. The molecule has 1 aromatic rings. The van der Waals surface area contributed by atoms with Crippen molar-refractivity contribution in [1.29, 1.82) is 0 Å². The van der Waals surface area contributed by atoms with Crippen molar-refractivity contribution in [3.63, 3.8) is 0 Å². The Morgan fingerprint density at radius 1 is 1.57 bits per heavy atom. The Labute approximate surface area is 83.1 Å². The molecule has 1 N–H and O–H groups in total. The summed E-state index contributed by atoms with van der Waals surface area (Å²) in [6.45, 7) is 4.49. The fraction of sp³-hybridized carbons (Fsp3) is 0.400. The van der Waals surface area contributed by atoms with Crippen LogP contribution in [0.3, 0.4) is 0 Å². The molecule has 0 aliphatic rings. The normalized spacial score (nSPS) is 10.0. The molecule has 0 radical (unpaired) electrons. The molecule has 0 saturated carbocycles. The largest absolute Gasteiger partial charge is 0.481 e. The lowest BCUT2D eigenvalue weighted by Crippen LogP contribution is -2.30. The summed E-state index contributed by atoms with van der Waals surface area (Å²) < 4.78 is 3.88. The van der Waals surface area contributed by atoms with Crippen LogP contribution in [0.5, 0.6) is 0 Å². The molecule has 0 aromatic carbocycles. The number of carboxylic acid groups (broad SMARTS) is 1. The van der Waals surface area contributed by atoms with Crippen molar-refractivity contribution in [2.75, 3.05) is 0 Å². The molecule has 4 heteroatoms. The van der Waals surface area contributed by atoms with Crippen molar-refractivity contribution in [1.82, 2.24) is 4.57 Å². The van der Waals surface area contributed by atoms with Crippen LogP contribution >= 0.6 is 0 Å². The molecule has 0 spiro atoms. The number of hydrogen-bond donors (Lipinski definition) is 1. The first-order valence-corrected chi connectivity index (χ1v) is 4.63. The zero-order valence-electron chi connectivity index (χ0n) is 8.09. The number of imidazole rings is 1. The molecular weight excluding hydrogens is 180 g/mol. The van der Waals surface area contributed by atoms with Gasteiger partial charge in [-0.1, -0.05) is 6.58 Å². The van der Waals surface area contributed by atoms with Gasteiger partial charge in [0, 0.05) is 6.42 Å². The Hall–Kier alpha value is -1.58. The van der Waals surface area contributed by atoms with Gasteiger partial charge in [-0.05, 0) is 12.8 Å². The van der Waals surface area contributed by atoms with E-state index in [0.29, 0.717) is 0 Å². The zero-order chi connectivity index (χ0) is 10.4. The number of aryl methyl sites for hydroxylation is 1. The summed E-state index contributed by atoms with van der Waals surface area (Å²) in [5.41, 5.74) is 0. The van der Waals surface area contributed by atoms with Crippen molar-refractivity contribution < 1.29 is 14.5 Å². The van der Waals surface area contributed by atoms with Gasteiger partial charge in [-0.2, -0.15) is 0 Å². The predicted octanol–water partition coefficient (Wildman–Crippen LogP) is 1.13. The summed E-state index contributed by atoms with van der Waals surface area (Å²) in [5.74, 6) is -0.723. The lowest BCUT2D eigenvalue weighted by atomic mass is 10.2. The van der Waals surface area contributed by atoms with Gasteiger partial charge in [-0.15, -0.1) is 0 Å². The summed E-state index contributed by atoms with van der Waals surface area (Å²) >= 11 is 0. The number of hydrogen-bond acceptors (Lipinski definition) is 1. The first-order valence-electron chi connectivity index (χ1n) is 4.63. The number of carboxylic acids is 1. The minimum atomic E-state index is -0.723. The highest BCUT2D eigenvalue weighted by Gasteiger charge is 2.01. The highest BCUT2D eigenvalue weighted by molar-refractivity contribution is 5.66. The van der Waals surface area contributed by atoms with Gasteiger partial charge >= 0.3 is 5.97 Å². The summed E-state index contributed by atoms with van der Waals surface area (Å²) in [7, 11) is 0. The van der Waals surface area contributed by atoms with E-state index >= 15 is 0 Å². The van der Waals surface area contributed by atoms with Crippen molar-refractivity contribution in [3.8, 4) is 0 Å². The summed E-state index contributed by atoms with van der Waals surface area (Å²) in [6, 6.07) is 0. The molecule has 1 rings (SSSR count). The van der Waals surface area contributed by atoms with Crippen LogP contribution in [0.4, 0.5) is 0 Å². The molecule has 0 aliphatic carbocycles. The molecular formula is C10H15N2O2+. The van der Waals surface area contributed by atoms with Crippen LogP contribution in [0, 0.1) is 0 Å². The van der Waals surface area contributed by atoms with Crippen molar-refractivity contribution in [2.24, 2.45) is 0 Å². The highest BCUT2D eigenvalue weighted by Crippen LogP contribution is 1.95. The molecule has 0 amide bonds. The third kappa shape index (κ3) is 3.43. The summed E-state index contributed by atoms with van der Waals surface area (Å²) in [4.78, 5) is 10.2. The minimum Gasteiger partial charge on any atom is -0.481 e. The van der Waals surface area contributed by atoms with Gasteiger partial charge in [0.25, 0.3) is 0 Å². The topological polar surface area (TPSA) is 46.1 Å². The SMILES string of the molecule is C=Cn1cc[n+](CCCCC(=O)O)c1. The third-order valence-corrected chi connectivity index (χ3v) is 1.98. The quantitative estimate of drug-likeness (QED) is 0.546. The fourth-order valence-electron chi connectivity index (χ4n) is 1.22. The Kier molecular flexibility index (Phi) is 3.91. The maximum atomic E-state index is 10.2. The van der Waals surface area contributed by atoms with Gasteiger partial charge in [0.15, 0.2) is 0 Å². The maximum Gasteiger partial charge on any atom is 0.303 e. The van der Waals surface area contributed by atoms with E-state index in [0.717, 1.165) is 19.4 Å². The minimum absolute atomic E-state index is 0.253. The second-order valence-electron chi connectivity index (χ2n) is 3.13. The van der Waals surface area contributed by atoms with Crippen molar-refractivity contribution in [2.45, 2.75) is 25.8 Å². The molecule has 1 heterocycles. The molecule has 0 fully saturated rings. The molecule has 0 unspecified atom stereocenters. The Bertz CT molecular complexity index is 318. The molecule has 14 heavy (non-hydrogen) atoms. The van der Waals surface area contributed by atoms with E-state index in [1.165, 1.54) is 0 Å². The van der Waals surface area contributed by atoms with Crippen LogP contribution in [-0.2, 0) is 11.3 Å². The first-order chi connectivity index (χ1) is 6.72. The molecule has 0 bridgehead atoms. The third-order valence-electron chi connectivity index (χ3n) is 1.98. The first kappa shape index (κ1) is 10.5. The van der Waals surface area contributed by atoms with Gasteiger partial charge in [0.05, 0.1) is 12.7 Å². The van der Waals surface area contributed by atoms with E-state index in [9.17, 15) is 4.79 Å². The van der Waals surface area contributed by atoms with Gasteiger partial charge in [0.2, 0.25) is 6.33 Å². The van der Waals surface area contributed by atoms with Crippen LogP contribution in [-0.4, -0.2) is 15.6 Å². The molecule has 1 aromatic heterocycles. The van der Waals surface area contributed by atoms with E-state index < -0.39 is 5.97 Å². The van der Waals surface area contributed by atoms with Crippen LogP contribution in [0.1, 0.15) is 19.3 Å². The Balaban J connectivity index is 2.24. The van der Waals surface area contributed by atoms with Crippen molar-refractivity contribution >= 4 is 12.2 Å². The smallest absolute Gasteiger partial charge is 0.303 e. The number of rotatable bonds is 6. The van der Waals surface area contributed by atoms with Gasteiger partial charge in [-0.3, -0.25) is 4.79 Å². The molecule has 0 saturated heterocycles. The van der Waals surface area contributed by atoms with E-state index in [-0.39, 0.29) is 6.42 Å². The van der Waals surface area contributed by atoms with Gasteiger partial charge in [-0.25, -0.2) is 9.13 Å². The number of unbranched alkanes of at least 4 members (excludes halogenated alkanes) is 1. The van der Waals surface area contributed by atoms with E-state index in [4.69, 9.17) is 5.11 Å². The Morgan fingerprint density at radius 2 is 2.36 bits per heavy atom.